The predicted octanol–water partition coefficient (Wildman–Crippen LogP) is 3.46. The zero-order valence-electron chi connectivity index (χ0n) is 12.5. The summed E-state index contributed by atoms with van der Waals surface area (Å²) >= 11 is 11.9. The molecule has 2 N–H and O–H groups in total. The lowest BCUT2D eigenvalue weighted by molar-refractivity contribution is -0.120. The average Bonchev–Trinajstić information content (AvgIpc) is 2.52. The SMILES string of the molecule is CNC(=O)Cc1ccc(NC(=O)Cc2ccc(Cl)cc2Cl)cc1. The first-order valence-electron chi connectivity index (χ1n) is 7.01. The summed E-state index contributed by atoms with van der Waals surface area (Å²) in [5.74, 6) is -0.229. The van der Waals surface area contributed by atoms with Crippen molar-refractivity contribution in [2.45, 2.75) is 12.8 Å². The normalized spacial score (nSPS) is 10.2. The van der Waals surface area contributed by atoms with Gasteiger partial charge in [0.1, 0.15) is 0 Å². The lowest BCUT2D eigenvalue weighted by Crippen LogP contribution is -2.20. The van der Waals surface area contributed by atoms with E-state index in [1.807, 2.05) is 0 Å². The summed E-state index contributed by atoms with van der Waals surface area (Å²) in [6.07, 6.45) is 0.473. The monoisotopic (exact) mass is 350 g/mol. The Hall–Kier alpha value is -2.04. The second-order valence-electron chi connectivity index (χ2n) is 5.01. The molecule has 120 valence electrons. The maximum atomic E-state index is 12.1. The Labute approximate surface area is 144 Å². The number of halogens is 2. The fraction of sp³-hybridized carbons (Fsp3) is 0.176. The molecule has 0 fully saturated rings. The first-order valence-corrected chi connectivity index (χ1v) is 7.77. The van der Waals surface area contributed by atoms with E-state index < -0.39 is 0 Å². The van der Waals surface area contributed by atoms with Crippen LogP contribution in [-0.2, 0) is 22.4 Å². The molecule has 6 heteroatoms. The van der Waals surface area contributed by atoms with Crippen molar-refractivity contribution in [3.63, 3.8) is 0 Å². The standard InChI is InChI=1S/C17H16Cl2N2O2/c1-20-16(22)8-11-2-6-14(7-3-11)21-17(23)9-12-4-5-13(18)10-15(12)19/h2-7,10H,8-9H2,1H3,(H,20,22)(H,21,23). The van der Waals surface area contributed by atoms with Gasteiger partial charge in [-0.25, -0.2) is 0 Å². The van der Waals surface area contributed by atoms with Crippen LogP contribution in [0.5, 0.6) is 0 Å². The van der Waals surface area contributed by atoms with Gasteiger partial charge in [-0.2, -0.15) is 0 Å². The molecule has 0 heterocycles. The van der Waals surface area contributed by atoms with Crippen molar-refractivity contribution in [1.29, 1.82) is 0 Å². The number of hydrogen-bond donors (Lipinski definition) is 2. The Morgan fingerprint density at radius 3 is 2.26 bits per heavy atom. The van der Waals surface area contributed by atoms with Crippen LogP contribution in [0.15, 0.2) is 42.5 Å². The number of carbonyl (C=O) groups is 2. The van der Waals surface area contributed by atoms with Gasteiger partial charge in [0.15, 0.2) is 0 Å². The third kappa shape index (κ3) is 5.27. The largest absolute Gasteiger partial charge is 0.359 e. The number of likely N-dealkylation sites (N-methyl/N-ethyl adjacent to an activating group) is 1. The van der Waals surface area contributed by atoms with Crippen molar-refractivity contribution >= 4 is 40.7 Å². The molecule has 0 aliphatic heterocycles. The van der Waals surface area contributed by atoms with Gasteiger partial charge in [0.25, 0.3) is 0 Å². The summed E-state index contributed by atoms with van der Waals surface area (Å²) in [6.45, 7) is 0. The summed E-state index contributed by atoms with van der Waals surface area (Å²) in [4.78, 5) is 23.4. The van der Waals surface area contributed by atoms with E-state index in [0.717, 1.165) is 5.56 Å². The van der Waals surface area contributed by atoms with Crippen LogP contribution in [0, 0.1) is 0 Å². The Morgan fingerprint density at radius 1 is 0.957 bits per heavy atom. The summed E-state index contributed by atoms with van der Waals surface area (Å²) in [5, 5.41) is 6.36. The van der Waals surface area contributed by atoms with Crippen molar-refractivity contribution in [3.8, 4) is 0 Å². The highest BCUT2D eigenvalue weighted by Gasteiger charge is 2.08. The van der Waals surface area contributed by atoms with E-state index in [9.17, 15) is 9.59 Å². The van der Waals surface area contributed by atoms with Gasteiger partial charge in [-0.3, -0.25) is 9.59 Å². The molecular formula is C17H16Cl2N2O2. The minimum atomic E-state index is -0.173. The zero-order chi connectivity index (χ0) is 16.8. The van der Waals surface area contributed by atoms with E-state index in [0.29, 0.717) is 27.7 Å². The summed E-state index contributed by atoms with van der Waals surface area (Å²) < 4.78 is 0. The van der Waals surface area contributed by atoms with Crippen LogP contribution in [0.4, 0.5) is 5.69 Å². The molecule has 2 rings (SSSR count). The van der Waals surface area contributed by atoms with Gasteiger partial charge in [0, 0.05) is 22.8 Å². The first kappa shape index (κ1) is 17.3. The molecular weight excluding hydrogens is 335 g/mol. The van der Waals surface area contributed by atoms with E-state index in [1.165, 1.54) is 0 Å². The Bertz CT molecular complexity index is 715. The van der Waals surface area contributed by atoms with Crippen molar-refractivity contribution in [1.82, 2.24) is 5.32 Å². The van der Waals surface area contributed by atoms with E-state index in [-0.39, 0.29) is 18.2 Å². The smallest absolute Gasteiger partial charge is 0.228 e. The number of nitrogens with one attached hydrogen (secondary N) is 2. The third-order valence-electron chi connectivity index (χ3n) is 3.25. The fourth-order valence-corrected chi connectivity index (χ4v) is 2.50. The Kier molecular flexibility index (Phi) is 6.02. The van der Waals surface area contributed by atoms with E-state index >= 15 is 0 Å². The summed E-state index contributed by atoms with van der Waals surface area (Å²) in [6, 6.07) is 12.2. The van der Waals surface area contributed by atoms with E-state index in [4.69, 9.17) is 23.2 Å². The second-order valence-corrected chi connectivity index (χ2v) is 5.85. The molecule has 4 nitrogen and oxygen atoms in total. The lowest BCUT2D eigenvalue weighted by atomic mass is 10.1. The molecule has 0 bridgehead atoms. The van der Waals surface area contributed by atoms with Crippen molar-refractivity contribution in [2.24, 2.45) is 0 Å². The van der Waals surface area contributed by atoms with Crippen molar-refractivity contribution in [3.05, 3.63) is 63.6 Å². The maximum absolute atomic E-state index is 12.1. The highest BCUT2D eigenvalue weighted by Crippen LogP contribution is 2.21. The number of amides is 2. The number of benzene rings is 2. The molecule has 0 atom stereocenters. The first-order chi connectivity index (χ1) is 11.0. The third-order valence-corrected chi connectivity index (χ3v) is 3.83. The number of carbonyl (C=O) groups excluding carboxylic acids is 2. The quantitative estimate of drug-likeness (QED) is 0.867. The van der Waals surface area contributed by atoms with Gasteiger partial charge in [0.05, 0.1) is 12.8 Å². The van der Waals surface area contributed by atoms with Crippen LogP contribution in [-0.4, -0.2) is 18.9 Å². The van der Waals surface area contributed by atoms with Gasteiger partial charge in [-0.15, -0.1) is 0 Å². The highest BCUT2D eigenvalue weighted by molar-refractivity contribution is 6.35. The number of hydrogen-bond acceptors (Lipinski definition) is 2. The minimum absolute atomic E-state index is 0.0563. The van der Waals surface area contributed by atoms with Crippen LogP contribution in [0.25, 0.3) is 0 Å². The molecule has 2 aromatic rings. The van der Waals surface area contributed by atoms with Gasteiger partial charge in [-0.05, 0) is 35.4 Å². The predicted molar refractivity (Wildman–Crippen MR) is 93.0 cm³/mol. The fourth-order valence-electron chi connectivity index (χ4n) is 2.02. The van der Waals surface area contributed by atoms with Crippen LogP contribution in [0.2, 0.25) is 10.0 Å². The number of rotatable bonds is 5. The molecule has 0 aliphatic rings. The van der Waals surface area contributed by atoms with Crippen LogP contribution < -0.4 is 10.6 Å². The molecule has 23 heavy (non-hydrogen) atoms. The van der Waals surface area contributed by atoms with Crippen molar-refractivity contribution < 1.29 is 9.59 Å². The minimum Gasteiger partial charge on any atom is -0.359 e. The molecule has 0 unspecified atom stereocenters. The molecule has 0 radical (unpaired) electrons. The molecule has 0 spiro atoms. The summed E-state index contributed by atoms with van der Waals surface area (Å²) in [7, 11) is 1.60. The molecule has 0 saturated carbocycles. The molecule has 2 amide bonds. The van der Waals surface area contributed by atoms with Crippen LogP contribution in [0.3, 0.4) is 0 Å². The van der Waals surface area contributed by atoms with Gasteiger partial charge >= 0.3 is 0 Å². The molecule has 0 aliphatic carbocycles. The van der Waals surface area contributed by atoms with Gasteiger partial charge in [0.2, 0.25) is 11.8 Å². The molecule has 0 aromatic heterocycles. The van der Waals surface area contributed by atoms with Crippen LogP contribution in [0.1, 0.15) is 11.1 Å². The van der Waals surface area contributed by atoms with Gasteiger partial charge < -0.3 is 10.6 Å². The Morgan fingerprint density at radius 2 is 1.65 bits per heavy atom. The maximum Gasteiger partial charge on any atom is 0.228 e. The van der Waals surface area contributed by atoms with E-state index in [1.54, 1.807) is 49.5 Å². The highest BCUT2D eigenvalue weighted by atomic mass is 35.5. The van der Waals surface area contributed by atoms with Crippen LogP contribution >= 0.6 is 23.2 Å². The van der Waals surface area contributed by atoms with E-state index in [2.05, 4.69) is 10.6 Å². The average molecular weight is 351 g/mol. The number of anilines is 1. The Balaban J connectivity index is 1.96. The summed E-state index contributed by atoms with van der Waals surface area (Å²) in [5.41, 5.74) is 2.26. The molecule has 0 saturated heterocycles. The zero-order valence-corrected chi connectivity index (χ0v) is 14.0. The lowest BCUT2D eigenvalue weighted by Gasteiger charge is -2.08. The molecule has 2 aromatic carbocycles. The van der Waals surface area contributed by atoms with Gasteiger partial charge in [-0.1, -0.05) is 41.4 Å². The second kappa shape index (κ2) is 7.99. The van der Waals surface area contributed by atoms with Crippen molar-refractivity contribution in [2.75, 3.05) is 12.4 Å². The topological polar surface area (TPSA) is 58.2 Å².